The van der Waals surface area contributed by atoms with Crippen LogP contribution in [0.1, 0.15) is 24.2 Å². The molecule has 0 fully saturated rings. The first kappa shape index (κ1) is 13.3. The van der Waals surface area contributed by atoms with Gasteiger partial charge < -0.3 is 5.11 Å². The van der Waals surface area contributed by atoms with Gasteiger partial charge in [0, 0.05) is 0 Å². The third-order valence-corrected chi connectivity index (χ3v) is 2.92. The number of rotatable bonds is 4. The van der Waals surface area contributed by atoms with Crippen LogP contribution >= 0.6 is 0 Å². The van der Waals surface area contributed by atoms with Crippen molar-refractivity contribution in [3.63, 3.8) is 0 Å². The molecule has 0 spiro atoms. The van der Waals surface area contributed by atoms with Gasteiger partial charge in [-0.15, -0.1) is 0 Å². The van der Waals surface area contributed by atoms with Gasteiger partial charge in [0.1, 0.15) is 6.10 Å². The maximum atomic E-state index is 10.6. The first-order valence-corrected chi connectivity index (χ1v) is 6.34. The van der Waals surface area contributed by atoms with Crippen molar-refractivity contribution in [2.45, 2.75) is 13.0 Å². The van der Waals surface area contributed by atoms with Crippen molar-refractivity contribution >= 4 is 5.57 Å². The highest BCUT2D eigenvalue weighted by Gasteiger charge is 2.14. The molecule has 0 saturated carbocycles. The zero-order chi connectivity index (χ0) is 13.7. The Morgan fingerprint density at radius 3 is 2.05 bits per heavy atom. The van der Waals surface area contributed by atoms with Crippen molar-refractivity contribution in [3.8, 4) is 0 Å². The number of benzene rings is 2. The lowest BCUT2D eigenvalue weighted by molar-refractivity contribution is 0.238. The second-order valence-corrected chi connectivity index (χ2v) is 4.63. The lowest BCUT2D eigenvalue weighted by Crippen LogP contribution is -2.01. The van der Waals surface area contributed by atoms with E-state index in [0.29, 0.717) is 0 Å². The van der Waals surface area contributed by atoms with Gasteiger partial charge in [-0.25, -0.2) is 0 Å². The van der Waals surface area contributed by atoms with E-state index in [0.717, 1.165) is 22.3 Å². The summed E-state index contributed by atoms with van der Waals surface area (Å²) in [5, 5.41) is 10.6. The van der Waals surface area contributed by atoms with Crippen LogP contribution in [-0.2, 0) is 0 Å². The third-order valence-electron chi connectivity index (χ3n) is 2.92. The average Bonchev–Trinajstić information content (AvgIpc) is 2.46. The minimum Gasteiger partial charge on any atom is -0.384 e. The molecule has 0 aliphatic carbocycles. The monoisotopic (exact) mass is 250 g/mol. The molecule has 1 nitrogen and oxygen atoms in total. The normalized spacial score (nSPS) is 13.1. The molecular weight excluding hydrogens is 232 g/mol. The zero-order valence-electron chi connectivity index (χ0n) is 11.1. The van der Waals surface area contributed by atoms with Gasteiger partial charge >= 0.3 is 0 Å². The van der Waals surface area contributed by atoms with Crippen LogP contribution in [0.4, 0.5) is 0 Å². The highest BCUT2D eigenvalue weighted by molar-refractivity contribution is 5.72. The van der Waals surface area contributed by atoms with Crippen LogP contribution in [0.5, 0.6) is 0 Å². The number of aliphatic hydroxyl groups is 1. The largest absolute Gasteiger partial charge is 0.384 e. The fraction of sp³-hybridized carbons (Fsp3) is 0.111. The molecule has 0 radical (unpaired) electrons. The predicted octanol–water partition coefficient (Wildman–Crippen LogP) is 4.38. The predicted molar refractivity (Wildman–Crippen MR) is 80.6 cm³/mol. The molecule has 0 aliphatic heterocycles. The molecule has 1 atom stereocenters. The molecule has 2 aromatic rings. The van der Waals surface area contributed by atoms with E-state index in [1.165, 1.54) is 0 Å². The summed E-state index contributed by atoms with van der Waals surface area (Å²) in [4.78, 5) is 0. The molecule has 1 unspecified atom stereocenters. The van der Waals surface area contributed by atoms with Crippen LogP contribution in [0.25, 0.3) is 5.57 Å². The molecule has 2 rings (SSSR count). The lowest BCUT2D eigenvalue weighted by Gasteiger charge is -2.16. The van der Waals surface area contributed by atoms with Crippen molar-refractivity contribution in [3.05, 3.63) is 90.0 Å². The van der Waals surface area contributed by atoms with E-state index in [4.69, 9.17) is 0 Å². The zero-order valence-corrected chi connectivity index (χ0v) is 11.1. The van der Waals surface area contributed by atoms with E-state index in [2.05, 4.69) is 6.58 Å². The van der Waals surface area contributed by atoms with E-state index < -0.39 is 6.10 Å². The second kappa shape index (κ2) is 6.17. The van der Waals surface area contributed by atoms with Crippen molar-refractivity contribution in [1.82, 2.24) is 0 Å². The maximum Gasteiger partial charge on any atom is 0.105 e. The summed E-state index contributed by atoms with van der Waals surface area (Å²) in [6.45, 7) is 5.84. The molecule has 1 N–H and O–H groups in total. The van der Waals surface area contributed by atoms with Crippen molar-refractivity contribution in [1.29, 1.82) is 0 Å². The second-order valence-electron chi connectivity index (χ2n) is 4.63. The Balaban J connectivity index is 2.43. The number of allylic oxidation sites excluding steroid dienone is 2. The summed E-state index contributed by atoms with van der Waals surface area (Å²) in [6.07, 6.45) is 1.30. The molecule has 19 heavy (non-hydrogen) atoms. The highest BCUT2D eigenvalue weighted by atomic mass is 16.3. The highest BCUT2D eigenvalue weighted by Crippen LogP contribution is 2.30. The quantitative estimate of drug-likeness (QED) is 0.798. The van der Waals surface area contributed by atoms with Gasteiger partial charge in [0.05, 0.1) is 0 Å². The Hall–Kier alpha value is -2.12. The Bertz CT molecular complexity index is 567. The van der Waals surface area contributed by atoms with Crippen molar-refractivity contribution < 1.29 is 5.11 Å². The van der Waals surface area contributed by atoms with Crippen LogP contribution in [0, 0.1) is 0 Å². The van der Waals surface area contributed by atoms with E-state index in [1.807, 2.05) is 73.7 Å². The van der Waals surface area contributed by atoms with Gasteiger partial charge in [0.15, 0.2) is 0 Å². The van der Waals surface area contributed by atoms with E-state index in [9.17, 15) is 5.11 Å². The van der Waals surface area contributed by atoms with Crippen LogP contribution in [0.15, 0.2) is 78.9 Å². The maximum absolute atomic E-state index is 10.6. The minimum atomic E-state index is -0.639. The SMILES string of the molecule is C=C(C)/C=C(\c1ccccc1)C(O)c1ccccc1. The molecular formula is C18H18O. The summed E-state index contributed by atoms with van der Waals surface area (Å²) in [5.74, 6) is 0. The molecule has 0 aromatic heterocycles. The van der Waals surface area contributed by atoms with Gasteiger partial charge in [-0.05, 0) is 23.6 Å². The molecule has 0 bridgehead atoms. The average molecular weight is 250 g/mol. The summed E-state index contributed by atoms with van der Waals surface area (Å²) in [5.41, 5.74) is 3.70. The number of hydrogen-bond acceptors (Lipinski definition) is 1. The number of aliphatic hydroxyl groups excluding tert-OH is 1. The van der Waals surface area contributed by atoms with Crippen LogP contribution in [-0.4, -0.2) is 5.11 Å². The summed E-state index contributed by atoms with van der Waals surface area (Å²) in [7, 11) is 0. The van der Waals surface area contributed by atoms with E-state index in [-0.39, 0.29) is 0 Å². The van der Waals surface area contributed by atoms with Crippen molar-refractivity contribution in [2.75, 3.05) is 0 Å². The summed E-state index contributed by atoms with van der Waals surface area (Å²) < 4.78 is 0. The summed E-state index contributed by atoms with van der Waals surface area (Å²) in [6, 6.07) is 19.6. The number of hydrogen-bond donors (Lipinski definition) is 1. The molecule has 0 heterocycles. The molecule has 0 saturated heterocycles. The van der Waals surface area contributed by atoms with Gasteiger partial charge in [0.25, 0.3) is 0 Å². The lowest BCUT2D eigenvalue weighted by atomic mass is 9.94. The van der Waals surface area contributed by atoms with Crippen molar-refractivity contribution in [2.24, 2.45) is 0 Å². The summed E-state index contributed by atoms with van der Waals surface area (Å²) >= 11 is 0. The Morgan fingerprint density at radius 1 is 1.00 bits per heavy atom. The van der Waals surface area contributed by atoms with Gasteiger partial charge in [-0.2, -0.15) is 0 Å². The molecule has 1 heteroatoms. The molecule has 96 valence electrons. The first-order valence-electron chi connectivity index (χ1n) is 6.34. The Kier molecular flexibility index (Phi) is 4.32. The van der Waals surface area contributed by atoms with Gasteiger partial charge in [-0.1, -0.05) is 78.9 Å². The Morgan fingerprint density at radius 2 is 1.53 bits per heavy atom. The molecule has 2 aromatic carbocycles. The van der Waals surface area contributed by atoms with E-state index >= 15 is 0 Å². The van der Waals surface area contributed by atoms with Gasteiger partial charge in [0.2, 0.25) is 0 Å². The Labute approximate surface area is 114 Å². The topological polar surface area (TPSA) is 20.2 Å². The van der Waals surface area contributed by atoms with E-state index in [1.54, 1.807) is 0 Å². The molecule has 0 aliphatic rings. The minimum absolute atomic E-state index is 0.639. The van der Waals surface area contributed by atoms with Crippen LogP contribution < -0.4 is 0 Å². The van der Waals surface area contributed by atoms with Crippen LogP contribution in [0.2, 0.25) is 0 Å². The van der Waals surface area contributed by atoms with Gasteiger partial charge in [-0.3, -0.25) is 0 Å². The smallest absolute Gasteiger partial charge is 0.105 e. The third kappa shape index (κ3) is 3.43. The molecule has 0 amide bonds. The first-order chi connectivity index (χ1) is 9.18. The fourth-order valence-corrected chi connectivity index (χ4v) is 2.03. The fourth-order valence-electron chi connectivity index (χ4n) is 2.03. The van der Waals surface area contributed by atoms with Crippen LogP contribution in [0.3, 0.4) is 0 Å². The standard InChI is InChI=1S/C18H18O/c1-14(2)13-17(15-9-5-3-6-10-15)18(19)16-11-7-4-8-12-16/h3-13,18-19H,1H2,2H3/b17-13+.